The van der Waals surface area contributed by atoms with Crippen molar-refractivity contribution in [3.05, 3.63) is 30.1 Å². The summed E-state index contributed by atoms with van der Waals surface area (Å²) in [6.45, 7) is 7.19. The Kier molecular flexibility index (Phi) is 5.20. The Morgan fingerprint density at radius 3 is 2.79 bits per heavy atom. The second-order valence-corrected chi connectivity index (χ2v) is 5.44. The smallest absolute Gasteiger partial charge is 0.146 e. The van der Waals surface area contributed by atoms with Gasteiger partial charge in [-0.05, 0) is 44.4 Å². The van der Waals surface area contributed by atoms with Crippen LogP contribution < -0.4 is 10.2 Å². The number of anilines is 1. The molecule has 2 atom stereocenters. The van der Waals surface area contributed by atoms with Gasteiger partial charge in [-0.25, -0.2) is 4.39 Å². The number of piperidine rings is 1. The van der Waals surface area contributed by atoms with Crippen LogP contribution >= 0.6 is 0 Å². The molecule has 1 N–H and O–H groups in total. The molecule has 3 heteroatoms. The third-order valence-corrected chi connectivity index (χ3v) is 4.20. The molecule has 0 saturated carbocycles. The Balaban J connectivity index is 2.01. The van der Waals surface area contributed by atoms with Crippen LogP contribution in [0.15, 0.2) is 24.3 Å². The topological polar surface area (TPSA) is 15.3 Å². The van der Waals surface area contributed by atoms with Gasteiger partial charge in [-0.2, -0.15) is 0 Å². The van der Waals surface area contributed by atoms with Crippen molar-refractivity contribution < 1.29 is 4.39 Å². The maximum absolute atomic E-state index is 13.9. The number of nitrogens with zero attached hydrogens (tertiary/aromatic N) is 1. The van der Waals surface area contributed by atoms with E-state index in [1.165, 1.54) is 19.3 Å². The number of halogens is 1. The predicted octanol–water partition coefficient (Wildman–Crippen LogP) is 3.43. The van der Waals surface area contributed by atoms with Crippen molar-refractivity contribution in [1.82, 2.24) is 5.32 Å². The van der Waals surface area contributed by atoms with Crippen LogP contribution in [-0.4, -0.2) is 25.7 Å². The summed E-state index contributed by atoms with van der Waals surface area (Å²) in [7, 11) is 0. The van der Waals surface area contributed by atoms with Crippen molar-refractivity contribution in [3.63, 3.8) is 0 Å². The molecule has 106 valence electrons. The van der Waals surface area contributed by atoms with Crippen LogP contribution in [0.1, 0.15) is 33.1 Å². The fraction of sp³-hybridized carbons (Fsp3) is 0.625. The summed E-state index contributed by atoms with van der Waals surface area (Å²) in [5, 5.41) is 3.57. The molecule has 0 aromatic heterocycles. The number of hydrogen-bond donors (Lipinski definition) is 1. The number of para-hydroxylation sites is 1. The quantitative estimate of drug-likeness (QED) is 0.876. The Morgan fingerprint density at radius 1 is 1.32 bits per heavy atom. The van der Waals surface area contributed by atoms with Gasteiger partial charge in [0.15, 0.2) is 0 Å². The minimum absolute atomic E-state index is 0.118. The SMILES string of the molecule is CCC1CCNC(CN(CC)c2ccccc2F)C1. The predicted molar refractivity (Wildman–Crippen MR) is 79.1 cm³/mol. The van der Waals surface area contributed by atoms with E-state index in [1.54, 1.807) is 12.1 Å². The van der Waals surface area contributed by atoms with E-state index in [9.17, 15) is 4.39 Å². The van der Waals surface area contributed by atoms with Crippen LogP contribution in [0.2, 0.25) is 0 Å². The minimum Gasteiger partial charge on any atom is -0.368 e. The molecule has 2 unspecified atom stereocenters. The van der Waals surface area contributed by atoms with Crippen LogP contribution in [0, 0.1) is 11.7 Å². The Bertz CT molecular complexity index is 394. The molecule has 1 aliphatic heterocycles. The van der Waals surface area contributed by atoms with E-state index in [-0.39, 0.29) is 5.82 Å². The number of likely N-dealkylation sites (N-methyl/N-ethyl adjacent to an activating group) is 1. The van der Waals surface area contributed by atoms with Gasteiger partial charge in [-0.15, -0.1) is 0 Å². The van der Waals surface area contributed by atoms with Gasteiger partial charge in [-0.1, -0.05) is 25.5 Å². The van der Waals surface area contributed by atoms with Crippen molar-refractivity contribution in [3.8, 4) is 0 Å². The molecule has 1 saturated heterocycles. The van der Waals surface area contributed by atoms with Crippen LogP contribution in [-0.2, 0) is 0 Å². The number of nitrogens with one attached hydrogen (secondary N) is 1. The van der Waals surface area contributed by atoms with Crippen LogP contribution in [0.3, 0.4) is 0 Å². The van der Waals surface area contributed by atoms with Crippen molar-refractivity contribution in [2.45, 2.75) is 39.2 Å². The zero-order valence-corrected chi connectivity index (χ0v) is 12.0. The van der Waals surface area contributed by atoms with E-state index >= 15 is 0 Å². The number of hydrogen-bond acceptors (Lipinski definition) is 2. The zero-order valence-electron chi connectivity index (χ0n) is 12.0. The maximum atomic E-state index is 13.9. The molecule has 2 rings (SSSR count). The van der Waals surface area contributed by atoms with E-state index in [1.807, 2.05) is 12.1 Å². The lowest BCUT2D eigenvalue weighted by atomic mass is 9.90. The molecule has 1 aromatic rings. The molecular weight excluding hydrogens is 239 g/mol. The monoisotopic (exact) mass is 264 g/mol. The molecule has 0 aliphatic carbocycles. The third-order valence-electron chi connectivity index (χ3n) is 4.20. The third kappa shape index (κ3) is 3.69. The van der Waals surface area contributed by atoms with Crippen molar-refractivity contribution in [1.29, 1.82) is 0 Å². The summed E-state index contributed by atoms with van der Waals surface area (Å²) in [6.07, 6.45) is 3.74. The molecule has 1 aromatic carbocycles. The molecule has 1 heterocycles. The molecule has 1 fully saturated rings. The molecule has 0 spiro atoms. The van der Waals surface area contributed by atoms with Crippen molar-refractivity contribution in [2.24, 2.45) is 5.92 Å². The lowest BCUT2D eigenvalue weighted by Gasteiger charge is -2.34. The van der Waals surface area contributed by atoms with Gasteiger partial charge in [-0.3, -0.25) is 0 Å². The summed E-state index contributed by atoms with van der Waals surface area (Å²) < 4.78 is 13.9. The molecule has 0 radical (unpaired) electrons. The van der Waals surface area contributed by atoms with Gasteiger partial charge in [0, 0.05) is 19.1 Å². The highest BCUT2D eigenvalue weighted by Gasteiger charge is 2.22. The summed E-state index contributed by atoms with van der Waals surface area (Å²) in [4.78, 5) is 2.14. The second kappa shape index (κ2) is 6.90. The maximum Gasteiger partial charge on any atom is 0.146 e. The Morgan fingerprint density at radius 2 is 2.11 bits per heavy atom. The first kappa shape index (κ1) is 14.3. The summed E-state index contributed by atoms with van der Waals surface area (Å²) in [5.74, 6) is 0.706. The summed E-state index contributed by atoms with van der Waals surface area (Å²) in [6, 6.07) is 7.56. The van der Waals surface area contributed by atoms with Crippen LogP contribution in [0.25, 0.3) is 0 Å². The van der Waals surface area contributed by atoms with Gasteiger partial charge in [0.1, 0.15) is 5.82 Å². The largest absolute Gasteiger partial charge is 0.368 e. The fourth-order valence-electron chi connectivity index (χ4n) is 2.98. The lowest BCUT2D eigenvalue weighted by molar-refractivity contribution is 0.296. The highest BCUT2D eigenvalue weighted by atomic mass is 19.1. The van der Waals surface area contributed by atoms with E-state index in [2.05, 4.69) is 24.1 Å². The Labute approximate surface area is 116 Å². The first-order chi connectivity index (χ1) is 9.24. The normalized spacial score (nSPS) is 23.3. The first-order valence-corrected chi connectivity index (χ1v) is 7.47. The van der Waals surface area contributed by atoms with Gasteiger partial charge in [0.25, 0.3) is 0 Å². The van der Waals surface area contributed by atoms with Crippen LogP contribution in [0.4, 0.5) is 10.1 Å². The van der Waals surface area contributed by atoms with E-state index in [0.29, 0.717) is 6.04 Å². The van der Waals surface area contributed by atoms with E-state index < -0.39 is 0 Å². The highest BCUT2D eigenvalue weighted by Crippen LogP contribution is 2.23. The first-order valence-electron chi connectivity index (χ1n) is 7.47. The zero-order chi connectivity index (χ0) is 13.7. The number of benzene rings is 1. The van der Waals surface area contributed by atoms with Gasteiger partial charge in [0.2, 0.25) is 0 Å². The molecule has 1 aliphatic rings. The summed E-state index contributed by atoms with van der Waals surface area (Å²) >= 11 is 0. The average Bonchev–Trinajstić information content (AvgIpc) is 2.46. The van der Waals surface area contributed by atoms with Gasteiger partial charge in [0.05, 0.1) is 5.69 Å². The molecule has 0 amide bonds. The van der Waals surface area contributed by atoms with Gasteiger partial charge < -0.3 is 10.2 Å². The Hall–Kier alpha value is -1.09. The molecular formula is C16H25FN2. The fourth-order valence-corrected chi connectivity index (χ4v) is 2.98. The minimum atomic E-state index is -0.118. The molecule has 19 heavy (non-hydrogen) atoms. The lowest BCUT2D eigenvalue weighted by Crippen LogP contribution is -2.46. The van der Waals surface area contributed by atoms with E-state index in [4.69, 9.17) is 0 Å². The summed E-state index contributed by atoms with van der Waals surface area (Å²) in [5.41, 5.74) is 0.727. The second-order valence-electron chi connectivity index (χ2n) is 5.44. The van der Waals surface area contributed by atoms with Crippen LogP contribution in [0.5, 0.6) is 0 Å². The van der Waals surface area contributed by atoms with Crippen molar-refractivity contribution >= 4 is 5.69 Å². The standard InChI is InChI=1S/C16H25FN2/c1-3-13-9-10-18-14(11-13)12-19(4-2)16-8-6-5-7-15(16)17/h5-8,13-14,18H,3-4,9-12H2,1-2H3. The van der Waals surface area contributed by atoms with Gasteiger partial charge >= 0.3 is 0 Å². The average molecular weight is 264 g/mol. The highest BCUT2D eigenvalue weighted by molar-refractivity contribution is 5.47. The van der Waals surface area contributed by atoms with E-state index in [0.717, 1.165) is 31.2 Å². The number of rotatable bonds is 5. The molecule has 2 nitrogen and oxygen atoms in total. The van der Waals surface area contributed by atoms with Crippen molar-refractivity contribution in [2.75, 3.05) is 24.5 Å². The molecule has 0 bridgehead atoms.